The highest BCUT2D eigenvalue weighted by Crippen LogP contribution is 2.49. The Labute approximate surface area is 234 Å². The van der Waals surface area contributed by atoms with Crippen molar-refractivity contribution in [1.29, 1.82) is 0 Å². The highest BCUT2D eigenvalue weighted by atomic mass is 35.5. The van der Waals surface area contributed by atoms with Crippen LogP contribution in [0.5, 0.6) is 5.75 Å². The van der Waals surface area contributed by atoms with Crippen molar-refractivity contribution in [3.63, 3.8) is 0 Å². The number of benzene rings is 2. The molecule has 0 saturated carbocycles. The summed E-state index contributed by atoms with van der Waals surface area (Å²) in [6.07, 6.45) is 0. The van der Waals surface area contributed by atoms with Crippen LogP contribution < -0.4 is 15.0 Å². The summed E-state index contributed by atoms with van der Waals surface area (Å²) < 4.78 is 7.12. The van der Waals surface area contributed by atoms with E-state index >= 15 is 0 Å². The van der Waals surface area contributed by atoms with Crippen molar-refractivity contribution >= 4 is 52.3 Å². The standard InChI is InChI=1S/C28H27ClN4O3S2/c1-17(2)30-23(34)14-32-24(35)16-38-27(19-12-13-37-15-19)25-26(18-4-6-20(29)7-5-18)31-33(28(25)32)21-8-10-22(36-3)11-9-21/h4-13,15,17,27H,14,16H2,1-3H3,(H,30,34). The number of carbonyl (C=O) groups excluding carboxylic acids is 2. The van der Waals surface area contributed by atoms with Gasteiger partial charge < -0.3 is 10.1 Å². The maximum atomic E-state index is 13.6. The molecule has 1 atom stereocenters. The molecular weight excluding hydrogens is 540 g/mol. The van der Waals surface area contributed by atoms with Gasteiger partial charge in [-0.25, -0.2) is 4.68 Å². The van der Waals surface area contributed by atoms with E-state index in [2.05, 4.69) is 16.8 Å². The van der Waals surface area contributed by atoms with E-state index in [-0.39, 0.29) is 35.4 Å². The summed E-state index contributed by atoms with van der Waals surface area (Å²) in [5.74, 6) is 1.15. The van der Waals surface area contributed by atoms with Crippen molar-refractivity contribution in [3.8, 4) is 22.7 Å². The number of halogens is 1. The van der Waals surface area contributed by atoms with Gasteiger partial charge in [-0.2, -0.15) is 16.4 Å². The van der Waals surface area contributed by atoms with Gasteiger partial charge in [0.25, 0.3) is 0 Å². The number of carbonyl (C=O) groups is 2. The van der Waals surface area contributed by atoms with Crippen LogP contribution in [-0.4, -0.2) is 47.0 Å². The van der Waals surface area contributed by atoms with Crippen LogP contribution in [0.3, 0.4) is 0 Å². The van der Waals surface area contributed by atoms with Crippen LogP contribution in [0.25, 0.3) is 16.9 Å². The van der Waals surface area contributed by atoms with Gasteiger partial charge in [0.15, 0.2) is 0 Å². The number of hydrogen-bond donors (Lipinski definition) is 1. The third-order valence-electron chi connectivity index (χ3n) is 6.12. The third kappa shape index (κ3) is 5.32. The van der Waals surface area contributed by atoms with Crippen LogP contribution in [0.2, 0.25) is 5.02 Å². The fraction of sp³-hybridized carbons (Fsp3) is 0.250. The van der Waals surface area contributed by atoms with Crippen LogP contribution in [0.4, 0.5) is 5.82 Å². The lowest BCUT2D eigenvalue weighted by molar-refractivity contribution is -0.123. The van der Waals surface area contributed by atoms with E-state index < -0.39 is 0 Å². The first-order valence-electron chi connectivity index (χ1n) is 12.1. The molecule has 7 nitrogen and oxygen atoms in total. The zero-order valence-electron chi connectivity index (χ0n) is 21.2. The molecule has 4 aromatic rings. The Kier molecular flexibility index (Phi) is 7.78. The van der Waals surface area contributed by atoms with Gasteiger partial charge >= 0.3 is 0 Å². The number of fused-ring (bicyclic) bond motifs is 1. The van der Waals surface area contributed by atoms with E-state index in [0.29, 0.717) is 16.6 Å². The maximum Gasteiger partial charge on any atom is 0.240 e. The molecule has 1 unspecified atom stereocenters. The number of ether oxygens (including phenoxy) is 1. The van der Waals surface area contributed by atoms with Gasteiger partial charge in [-0.05, 0) is 72.6 Å². The Bertz CT molecular complexity index is 1430. The molecule has 0 spiro atoms. The van der Waals surface area contributed by atoms with Crippen LogP contribution in [0.15, 0.2) is 65.4 Å². The minimum atomic E-state index is -0.228. The number of rotatable bonds is 7. The van der Waals surface area contributed by atoms with E-state index in [1.165, 1.54) is 0 Å². The zero-order chi connectivity index (χ0) is 26.8. The number of methoxy groups -OCH3 is 1. The van der Waals surface area contributed by atoms with Gasteiger partial charge in [0.2, 0.25) is 11.8 Å². The molecule has 0 fully saturated rings. The summed E-state index contributed by atoms with van der Waals surface area (Å²) in [7, 11) is 1.62. The van der Waals surface area contributed by atoms with E-state index in [9.17, 15) is 9.59 Å². The van der Waals surface area contributed by atoms with Crippen LogP contribution in [0.1, 0.15) is 30.2 Å². The number of hydrogen-bond acceptors (Lipinski definition) is 6. The summed E-state index contributed by atoms with van der Waals surface area (Å²) >= 11 is 9.37. The van der Waals surface area contributed by atoms with E-state index in [1.54, 1.807) is 39.8 Å². The number of aromatic nitrogens is 2. The molecule has 2 amide bonds. The predicted octanol–water partition coefficient (Wildman–Crippen LogP) is 5.96. The molecule has 0 saturated heterocycles. The van der Waals surface area contributed by atoms with Gasteiger partial charge in [0, 0.05) is 22.2 Å². The lowest BCUT2D eigenvalue weighted by Gasteiger charge is -2.23. The lowest BCUT2D eigenvalue weighted by Crippen LogP contribution is -2.44. The van der Waals surface area contributed by atoms with Crippen molar-refractivity contribution in [2.75, 3.05) is 24.3 Å². The molecule has 1 N–H and O–H groups in total. The van der Waals surface area contributed by atoms with Gasteiger partial charge in [-0.3, -0.25) is 14.5 Å². The first-order chi connectivity index (χ1) is 18.4. The van der Waals surface area contributed by atoms with Gasteiger partial charge in [0.05, 0.1) is 29.5 Å². The smallest absolute Gasteiger partial charge is 0.240 e. The Hall–Kier alpha value is -3.27. The summed E-state index contributed by atoms with van der Waals surface area (Å²) in [6, 6.07) is 17.0. The number of anilines is 1. The molecule has 2 aromatic carbocycles. The molecule has 0 radical (unpaired) electrons. The second-order valence-electron chi connectivity index (χ2n) is 9.15. The number of nitrogens with zero attached hydrogens (tertiary/aromatic N) is 3. The molecular formula is C28H27ClN4O3S2. The van der Waals surface area contributed by atoms with Crippen LogP contribution in [0, 0.1) is 0 Å². The number of amides is 2. The number of thiophene rings is 1. The average molecular weight is 567 g/mol. The quantitative estimate of drug-likeness (QED) is 0.299. The Morgan fingerprint density at radius 2 is 1.89 bits per heavy atom. The van der Waals surface area contributed by atoms with Crippen LogP contribution in [-0.2, 0) is 9.59 Å². The van der Waals surface area contributed by atoms with E-state index in [4.69, 9.17) is 21.4 Å². The molecule has 1 aliphatic rings. The first-order valence-corrected chi connectivity index (χ1v) is 14.5. The Morgan fingerprint density at radius 3 is 2.53 bits per heavy atom. The van der Waals surface area contributed by atoms with E-state index in [1.807, 2.05) is 67.8 Å². The predicted molar refractivity (Wildman–Crippen MR) is 155 cm³/mol. The lowest BCUT2D eigenvalue weighted by atomic mass is 10.0. The Morgan fingerprint density at radius 1 is 1.16 bits per heavy atom. The SMILES string of the molecule is COc1ccc(-n2nc(-c3ccc(Cl)cc3)c3c2N(CC(=O)NC(C)C)C(=O)CSC3c2ccsc2)cc1. The number of nitrogens with one attached hydrogen (secondary N) is 1. The van der Waals surface area contributed by atoms with E-state index in [0.717, 1.165) is 28.1 Å². The highest BCUT2D eigenvalue weighted by Gasteiger charge is 2.37. The minimum Gasteiger partial charge on any atom is -0.497 e. The molecule has 1 aliphatic heterocycles. The van der Waals surface area contributed by atoms with Crippen LogP contribution >= 0.6 is 34.7 Å². The molecule has 5 rings (SSSR count). The molecule has 2 aromatic heterocycles. The second kappa shape index (κ2) is 11.2. The summed E-state index contributed by atoms with van der Waals surface area (Å²) in [5, 5.41) is 12.6. The maximum absolute atomic E-state index is 13.6. The van der Waals surface area contributed by atoms with Gasteiger partial charge in [0.1, 0.15) is 18.1 Å². The van der Waals surface area contributed by atoms with Gasteiger partial charge in [-0.15, -0.1) is 11.8 Å². The average Bonchev–Trinajstić information content (AvgIpc) is 3.54. The first kappa shape index (κ1) is 26.3. The normalized spacial score (nSPS) is 15.3. The molecule has 3 heterocycles. The highest BCUT2D eigenvalue weighted by molar-refractivity contribution is 8.00. The second-order valence-corrected chi connectivity index (χ2v) is 11.5. The van der Waals surface area contributed by atoms with Crippen molar-refractivity contribution in [2.45, 2.75) is 25.1 Å². The molecule has 0 aliphatic carbocycles. The number of thioether (sulfide) groups is 1. The van der Waals surface area contributed by atoms with Crippen molar-refractivity contribution < 1.29 is 14.3 Å². The molecule has 0 bridgehead atoms. The molecule has 10 heteroatoms. The fourth-order valence-corrected chi connectivity index (χ4v) is 6.53. The summed E-state index contributed by atoms with van der Waals surface area (Å²) in [5.41, 5.74) is 4.34. The fourth-order valence-electron chi connectivity index (χ4n) is 4.44. The third-order valence-corrected chi connectivity index (χ3v) is 8.33. The molecule has 196 valence electrons. The van der Waals surface area contributed by atoms with Crippen molar-refractivity contribution in [2.24, 2.45) is 0 Å². The Balaban J connectivity index is 1.78. The molecule has 38 heavy (non-hydrogen) atoms. The summed E-state index contributed by atoms with van der Waals surface area (Å²) in [6.45, 7) is 3.69. The van der Waals surface area contributed by atoms with Gasteiger partial charge in [-0.1, -0.05) is 23.7 Å². The topological polar surface area (TPSA) is 76.5 Å². The van der Waals surface area contributed by atoms with Crippen molar-refractivity contribution in [3.05, 3.63) is 81.5 Å². The van der Waals surface area contributed by atoms with Crippen molar-refractivity contribution in [1.82, 2.24) is 15.1 Å². The minimum absolute atomic E-state index is 0.0480. The zero-order valence-corrected chi connectivity index (χ0v) is 23.6. The largest absolute Gasteiger partial charge is 0.497 e. The summed E-state index contributed by atoms with van der Waals surface area (Å²) in [4.78, 5) is 28.2. The monoisotopic (exact) mass is 566 g/mol.